The maximum Gasteiger partial charge on any atom is 0.191 e. The second-order valence-corrected chi connectivity index (χ2v) is 8.51. The minimum Gasteiger partial charge on any atom is -0.354 e. The highest BCUT2D eigenvalue weighted by Crippen LogP contribution is 2.31. The van der Waals surface area contributed by atoms with Crippen LogP contribution >= 0.6 is 35.6 Å². The van der Waals surface area contributed by atoms with E-state index < -0.39 is 0 Å². The first-order valence-electron chi connectivity index (χ1n) is 11.0. The minimum atomic E-state index is -0.234. The van der Waals surface area contributed by atoms with Crippen molar-refractivity contribution in [3.63, 3.8) is 0 Å². The van der Waals surface area contributed by atoms with Crippen LogP contribution in [0, 0.1) is 5.82 Å². The third kappa shape index (κ3) is 6.93. The van der Waals surface area contributed by atoms with E-state index in [1.807, 2.05) is 0 Å². The number of benzene rings is 1. The number of aliphatic imine (C=N–C) groups is 1. The fourth-order valence-corrected chi connectivity index (χ4v) is 4.78. The van der Waals surface area contributed by atoms with Crippen molar-refractivity contribution >= 4 is 41.5 Å². The van der Waals surface area contributed by atoms with Gasteiger partial charge in [-0.05, 0) is 63.9 Å². The number of hydrogen-bond acceptors (Lipinski definition) is 3. The Bertz CT molecular complexity index is 655. The predicted octanol–water partition coefficient (Wildman–Crippen LogP) is 4.27. The number of piperidine rings is 1. The molecule has 2 aliphatic rings. The number of nitrogens with zero attached hydrogens (tertiary/aromatic N) is 3. The van der Waals surface area contributed by atoms with Crippen LogP contribution in [0.3, 0.4) is 0 Å². The molecule has 0 aliphatic carbocycles. The average Bonchev–Trinajstić information content (AvgIpc) is 3.25. The van der Waals surface area contributed by atoms with Gasteiger partial charge in [0.15, 0.2) is 5.96 Å². The molecule has 1 atom stereocenters. The third-order valence-electron chi connectivity index (χ3n) is 6.07. The van der Waals surface area contributed by atoms with E-state index in [2.05, 4.69) is 32.3 Å². The van der Waals surface area contributed by atoms with E-state index in [0.29, 0.717) is 23.2 Å². The highest BCUT2D eigenvalue weighted by atomic mass is 127. The number of nitrogens with one attached hydrogen (secondary N) is 2. The molecule has 2 fully saturated rings. The summed E-state index contributed by atoms with van der Waals surface area (Å²) in [5.41, 5.74) is 0.590. The van der Waals surface area contributed by atoms with Gasteiger partial charge in [-0.15, -0.1) is 24.0 Å². The molecule has 1 unspecified atom stereocenters. The van der Waals surface area contributed by atoms with Gasteiger partial charge in [0.1, 0.15) is 5.82 Å². The van der Waals surface area contributed by atoms with Gasteiger partial charge in [-0.25, -0.2) is 4.39 Å². The number of guanidine groups is 1. The second-order valence-electron chi connectivity index (χ2n) is 8.11. The summed E-state index contributed by atoms with van der Waals surface area (Å²) in [6, 6.07) is 5.27. The standard InChI is InChI=1S/C22H35ClFN5.HI/c1-3-11-28-14-9-17(10-15-28)27-22(25-2)26-16-20(29-12-4-5-13-29)21-18(23)7-6-8-19(21)24;/h6-8,17,20H,3-5,9-16H2,1-2H3,(H2,25,26,27);1H. The van der Waals surface area contributed by atoms with E-state index in [1.165, 1.54) is 19.0 Å². The third-order valence-corrected chi connectivity index (χ3v) is 6.40. The molecular weight excluding hydrogens is 516 g/mol. The molecule has 0 bridgehead atoms. The van der Waals surface area contributed by atoms with Crippen LogP contribution in [0.5, 0.6) is 0 Å². The molecule has 3 rings (SSSR count). The van der Waals surface area contributed by atoms with Crippen molar-refractivity contribution in [1.29, 1.82) is 0 Å². The van der Waals surface area contributed by atoms with Crippen LogP contribution in [0.4, 0.5) is 4.39 Å². The predicted molar refractivity (Wildman–Crippen MR) is 135 cm³/mol. The van der Waals surface area contributed by atoms with E-state index >= 15 is 0 Å². The van der Waals surface area contributed by atoms with Crippen molar-refractivity contribution in [3.8, 4) is 0 Å². The molecule has 0 radical (unpaired) electrons. The zero-order valence-electron chi connectivity index (χ0n) is 18.2. The Labute approximate surface area is 202 Å². The van der Waals surface area contributed by atoms with E-state index in [0.717, 1.165) is 57.8 Å². The van der Waals surface area contributed by atoms with Gasteiger partial charge >= 0.3 is 0 Å². The summed E-state index contributed by atoms with van der Waals surface area (Å²) < 4.78 is 14.6. The molecule has 2 heterocycles. The van der Waals surface area contributed by atoms with Crippen molar-refractivity contribution in [1.82, 2.24) is 20.4 Å². The zero-order chi connectivity index (χ0) is 20.6. The Kier molecular flexibility index (Phi) is 11.1. The molecule has 0 spiro atoms. The first-order valence-corrected chi connectivity index (χ1v) is 11.4. The Morgan fingerprint density at radius 1 is 1.23 bits per heavy atom. The Balaban J connectivity index is 0.00000320. The molecule has 1 aromatic carbocycles. The summed E-state index contributed by atoms with van der Waals surface area (Å²) in [6.07, 6.45) is 5.74. The van der Waals surface area contributed by atoms with E-state index in [-0.39, 0.29) is 35.8 Å². The first kappa shape index (κ1) is 25.6. The summed E-state index contributed by atoms with van der Waals surface area (Å²) >= 11 is 6.40. The second kappa shape index (κ2) is 13.0. The van der Waals surface area contributed by atoms with Crippen LogP contribution < -0.4 is 10.6 Å². The first-order chi connectivity index (χ1) is 14.1. The zero-order valence-corrected chi connectivity index (χ0v) is 21.3. The van der Waals surface area contributed by atoms with Crippen LogP contribution in [-0.4, -0.2) is 68.1 Å². The summed E-state index contributed by atoms with van der Waals surface area (Å²) in [4.78, 5) is 9.26. The minimum absolute atomic E-state index is 0. The molecule has 2 saturated heterocycles. The van der Waals surface area contributed by atoms with Crippen LogP contribution in [-0.2, 0) is 0 Å². The van der Waals surface area contributed by atoms with Gasteiger partial charge in [0.25, 0.3) is 0 Å². The number of likely N-dealkylation sites (tertiary alicyclic amines) is 2. The largest absolute Gasteiger partial charge is 0.354 e. The lowest BCUT2D eigenvalue weighted by atomic mass is 10.0. The average molecular weight is 552 g/mol. The smallest absolute Gasteiger partial charge is 0.191 e. The topological polar surface area (TPSA) is 42.9 Å². The summed E-state index contributed by atoms with van der Waals surface area (Å²) in [6.45, 7) is 8.19. The fraction of sp³-hybridized carbons (Fsp3) is 0.682. The molecule has 8 heteroatoms. The van der Waals surface area contributed by atoms with Crippen molar-refractivity contribution in [2.45, 2.75) is 51.1 Å². The van der Waals surface area contributed by atoms with Crippen molar-refractivity contribution < 1.29 is 4.39 Å². The lowest BCUT2D eigenvalue weighted by Crippen LogP contribution is -2.50. The summed E-state index contributed by atoms with van der Waals surface area (Å²) in [7, 11) is 1.79. The SMILES string of the molecule is CCCN1CCC(NC(=NC)NCC(c2c(F)cccc2Cl)N2CCCC2)CC1.I. The Morgan fingerprint density at radius 2 is 1.93 bits per heavy atom. The molecule has 170 valence electrons. The molecule has 5 nitrogen and oxygen atoms in total. The molecule has 0 amide bonds. The normalized spacial score (nSPS) is 20.1. The number of rotatable bonds is 7. The highest BCUT2D eigenvalue weighted by Gasteiger charge is 2.28. The molecular formula is C22H36ClFIN5. The van der Waals surface area contributed by atoms with Gasteiger partial charge in [-0.2, -0.15) is 0 Å². The summed E-state index contributed by atoms with van der Waals surface area (Å²) in [5.74, 6) is 0.554. The summed E-state index contributed by atoms with van der Waals surface area (Å²) in [5, 5.41) is 7.50. The number of halogens is 3. The molecule has 0 aromatic heterocycles. The lowest BCUT2D eigenvalue weighted by Gasteiger charge is -2.33. The van der Waals surface area contributed by atoms with Crippen LogP contribution in [0.2, 0.25) is 5.02 Å². The van der Waals surface area contributed by atoms with Crippen molar-refractivity contribution in [2.75, 3.05) is 46.3 Å². The van der Waals surface area contributed by atoms with Gasteiger partial charge in [0.05, 0.1) is 6.04 Å². The van der Waals surface area contributed by atoms with E-state index in [9.17, 15) is 4.39 Å². The van der Waals surface area contributed by atoms with Gasteiger partial charge < -0.3 is 15.5 Å². The molecule has 1 aromatic rings. The fourth-order valence-electron chi connectivity index (χ4n) is 4.49. The highest BCUT2D eigenvalue weighted by molar-refractivity contribution is 14.0. The van der Waals surface area contributed by atoms with Gasteiger partial charge in [-0.3, -0.25) is 9.89 Å². The number of hydrogen-bond donors (Lipinski definition) is 2. The molecule has 2 N–H and O–H groups in total. The van der Waals surface area contributed by atoms with Crippen molar-refractivity contribution in [2.24, 2.45) is 4.99 Å². The quantitative estimate of drug-likeness (QED) is 0.302. The Hall–Kier alpha value is -0.640. The van der Waals surface area contributed by atoms with Gasteiger partial charge in [0.2, 0.25) is 0 Å². The molecule has 0 saturated carbocycles. The maximum atomic E-state index is 14.6. The van der Waals surface area contributed by atoms with Gasteiger partial charge in [0, 0.05) is 43.3 Å². The molecule has 30 heavy (non-hydrogen) atoms. The lowest BCUT2D eigenvalue weighted by molar-refractivity contribution is 0.205. The molecule has 2 aliphatic heterocycles. The van der Waals surface area contributed by atoms with Crippen LogP contribution in [0.15, 0.2) is 23.2 Å². The van der Waals surface area contributed by atoms with Crippen molar-refractivity contribution in [3.05, 3.63) is 34.6 Å². The Morgan fingerprint density at radius 3 is 2.53 bits per heavy atom. The monoisotopic (exact) mass is 551 g/mol. The maximum absolute atomic E-state index is 14.6. The van der Waals surface area contributed by atoms with Crippen LogP contribution in [0.25, 0.3) is 0 Å². The van der Waals surface area contributed by atoms with Gasteiger partial charge in [-0.1, -0.05) is 24.6 Å². The van der Waals surface area contributed by atoms with E-state index in [4.69, 9.17) is 11.6 Å². The van der Waals surface area contributed by atoms with Crippen LogP contribution in [0.1, 0.15) is 50.6 Å². The van der Waals surface area contributed by atoms with E-state index in [1.54, 1.807) is 19.2 Å².